The Hall–Kier alpha value is 0.110. The van der Waals surface area contributed by atoms with Crippen molar-refractivity contribution in [2.45, 2.75) is 51.5 Å². The van der Waals surface area contributed by atoms with E-state index in [1.54, 1.807) is 0 Å². The van der Waals surface area contributed by atoms with Crippen LogP contribution in [0, 0.1) is 11.8 Å². The van der Waals surface area contributed by atoms with E-state index in [9.17, 15) is 4.21 Å². The SMILES string of the molecule is CC1CCC(CNC2CCS(=O)CC2)CC1. The first-order valence-electron chi connectivity index (χ1n) is 6.82. The lowest BCUT2D eigenvalue weighted by Gasteiger charge is -2.29. The Morgan fingerprint density at radius 1 is 1.06 bits per heavy atom. The highest BCUT2D eigenvalue weighted by Gasteiger charge is 2.21. The van der Waals surface area contributed by atoms with Gasteiger partial charge in [-0.2, -0.15) is 0 Å². The first kappa shape index (κ1) is 12.6. The van der Waals surface area contributed by atoms with Gasteiger partial charge in [0.25, 0.3) is 0 Å². The second-order valence-electron chi connectivity index (χ2n) is 5.66. The van der Waals surface area contributed by atoms with Gasteiger partial charge in [0.2, 0.25) is 0 Å². The lowest BCUT2D eigenvalue weighted by Crippen LogP contribution is -2.39. The van der Waals surface area contributed by atoms with Crippen LogP contribution in [0.1, 0.15) is 45.4 Å². The Labute approximate surface area is 102 Å². The van der Waals surface area contributed by atoms with Crippen LogP contribution in [0.15, 0.2) is 0 Å². The minimum Gasteiger partial charge on any atom is -0.314 e. The number of nitrogens with one attached hydrogen (secondary N) is 1. The Morgan fingerprint density at radius 3 is 2.31 bits per heavy atom. The molecule has 1 aliphatic carbocycles. The molecule has 1 N–H and O–H groups in total. The molecule has 16 heavy (non-hydrogen) atoms. The molecule has 0 radical (unpaired) electrons. The molecule has 2 nitrogen and oxygen atoms in total. The van der Waals surface area contributed by atoms with Crippen LogP contribution in [0.3, 0.4) is 0 Å². The highest BCUT2D eigenvalue weighted by Crippen LogP contribution is 2.27. The van der Waals surface area contributed by atoms with Crippen LogP contribution < -0.4 is 5.32 Å². The lowest BCUT2D eigenvalue weighted by atomic mass is 9.83. The van der Waals surface area contributed by atoms with E-state index in [4.69, 9.17) is 0 Å². The molecule has 3 heteroatoms. The first-order valence-corrected chi connectivity index (χ1v) is 8.31. The second-order valence-corrected chi connectivity index (χ2v) is 7.35. The van der Waals surface area contributed by atoms with Gasteiger partial charge in [-0.15, -0.1) is 0 Å². The third-order valence-corrected chi connectivity index (χ3v) is 5.60. The fourth-order valence-corrected chi connectivity index (χ4v) is 4.16. The van der Waals surface area contributed by atoms with Crippen molar-refractivity contribution < 1.29 is 4.21 Å². The van der Waals surface area contributed by atoms with Gasteiger partial charge in [0.05, 0.1) is 0 Å². The van der Waals surface area contributed by atoms with Crippen LogP contribution >= 0.6 is 0 Å². The van der Waals surface area contributed by atoms with Gasteiger partial charge in [0, 0.05) is 28.3 Å². The van der Waals surface area contributed by atoms with E-state index in [0.717, 1.165) is 36.2 Å². The molecular weight excluding hydrogens is 218 g/mol. The van der Waals surface area contributed by atoms with Crippen molar-refractivity contribution in [3.05, 3.63) is 0 Å². The standard InChI is InChI=1S/C13H25NOS/c1-11-2-4-12(5-3-11)10-14-13-6-8-16(15)9-7-13/h11-14H,2-10H2,1H3. The minimum atomic E-state index is -0.514. The van der Waals surface area contributed by atoms with Gasteiger partial charge in [-0.1, -0.05) is 19.8 Å². The molecule has 0 aromatic heterocycles. The molecule has 1 saturated carbocycles. The van der Waals surface area contributed by atoms with Gasteiger partial charge >= 0.3 is 0 Å². The molecule has 0 aromatic rings. The van der Waals surface area contributed by atoms with Crippen molar-refractivity contribution >= 4 is 10.8 Å². The first-order chi connectivity index (χ1) is 7.74. The fourth-order valence-electron chi connectivity index (χ4n) is 2.86. The lowest BCUT2D eigenvalue weighted by molar-refractivity contribution is 0.271. The Morgan fingerprint density at radius 2 is 1.69 bits per heavy atom. The van der Waals surface area contributed by atoms with E-state index in [1.165, 1.54) is 32.2 Å². The number of hydrogen-bond donors (Lipinski definition) is 1. The average molecular weight is 243 g/mol. The summed E-state index contributed by atoms with van der Waals surface area (Å²) in [5, 5.41) is 3.69. The van der Waals surface area contributed by atoms with Gasteiger partial charge in [-0.05, 0) is 44.1 Å². The van der Waals surface area contributed by atoms with Crippen LogP contribution in [-0.4, -0.2) is 28.3 Å². The summed E-state index contributed by atoms with van der Waals surface area (Å²) in [5.41, 5.74) is 0. The van der Waals surface area contributed by atoms with Crippen LogP contribution in [-0.2, 0) is 10.8 Å². The maximum Gasteiger partial charge on any atom is 0.0249 e. The van der Waals surface area contributed by atoms with Crippen LogP contribution in [0.25, 0.3) is 0 Å². The van der Waals surface area contributed by atoms with E-state index >= 15 is 0 Å². The van der Waals surface area contributed by atoms with Crippen molar-refractivity contribution in [1.82, 2.24) is 5.32 Å². The van der Waals surface area contributed by atoms with Crippen molar-refractivity contribution in [3.63, 3.8) is 0 Å². The van der Waals surface area contributed by atoms with E-state index < -0.39 is 10.8 Å². The quantitative estimate of drug-likeness (QED) is 0.824. The third kappa shape index (κ3) is 3.85. The van der Waals surface area contributed by atoms with Crippen LogP contribution in [0.5, 0.6) is 0 Å². The maximum atomic E-state index is 11.2. The van der Waals surface area contributed by atoms with Gasteiger partial charge in [0.15, 0.2) is 0 Å². The largest absolute Gasteiger partial charge is 0.314 e. The molecule has 2 rings (SSSR count). The molecule has 0 spiro atoms. The molecule has 94 valence electrons. The van der Waals surface area contributed by atoms with Gasteiger partial charge in [-0.3, -0.25) is 4.21 Å². The van der Waals surface area contributed by atoms with Crippen molar-refractivity contribution in [2.75, 3.05) is 18.1 Å². The summed E-state index contributed by atoms with van der Waals surface area (Å²) in [6, 6.07) is 0.650. The average Bonchev–Trinajstić information content (AvgIpc) is 2.30. The van der Waals surface area contributed by atoms with Gasteiger partial charge in [0.1, 0.15) is 0 Å². The monoisotopic (exact) mass is 243 g/mol. The summed E-state index contributed by atoms with van der Waals surface area (Å²) in [7, 11) is -0.514. The molecule has 0 aromatic carbocycles. The minimum absolute atomic E-state index is 0.514. The zero-order valence-electron chi connectivity index (χ0n) is 10.4. The van der Waals surface area contributed by atoms with Crippen molar-refractivity contribution in [3.8, 4) is 0 Å². The number of hydrogen-bond acceptors (Lipinski definition) is 2. The molecule has 2 aliphatic rings. The van der Waals surface area contributed by atoms with Crippen molar-refractivity contribution in [2.24, 2.45) is 11.8 Å². The molecule has 0 amide bonds. The summed E-state index contributed by atoms with van der Waals surface area (Å²) >= 11 is 0. The molecule has 2 fully saturated rings. The van der Waals surface area contributed by atoms with E-state index in [0.29, 0.717) is 6.04 Å². The summed E-state index contributed by atoms with van der Waals surface area (Å²) in [6.07, 6.45) is 7.90. The molecule has 0 atom stereocenters. The van der Waals surface area contributed by atoms with E-state index in [-0.39, 0.29) is 0 Å². The molecule has 1 saturated heterocycles. The maximum absolute atomic E-state index is 11.2. The molecule has 0 unspecified atom stereocenters. The zero-order chi connectivity index (χ0) is 11.4. The van der Waals surface area contributed by atoms with E-state index in [2.05, 4.69) is 12.2 Å². The Balaban J connectivity index is 1.62. The molecule has 1 heterocycles. The summed E-state index contributed by atoms with van der Waals surface area (Å²) in [4.78, 5) is 0. The number of rotatable bonds is 3. The highest BCUT2D eigenvalue weighted by molar-refractivity contribution is 7.85. The predicted molar refractivity (Wildman–Crippen MR) is 70.0 cm³/mol. The third-order valence-electron chi connectivity index (χ3n) is 4.22. The zero-order valence-corrected chi connectivity index (χ0v) is 11.2. The summed E-state index contributed by atoms with van der Waals surface area (Å²) < 4.78 is 11.2. The normalized spacial score (nSPS) is 40.8. The molecule has 1 aliphatic heterocycles. The van der Waals surface area contributed by atoms with Gasteiger partial charge in [-0.25, -0.2) is 0 Å². The Bertz CT molecular complexity index is 226. The Kier molecular flexibility index (Phi) is 4.83. The highest BCUT2D eigenvalue weighted by atomic mass is 32.2. The van der Waals surface area contributed by atoms with Gasteiger partial charge < -0.3 is 5.32 Å². The van der Waals surface area contributed by atoms with E-state index in [1.807, 2.05) is 0 Å². The van der Waals surface area contributed by atoms with Crippen molar-refractivity contribution in [1.29, 1.82) is 0 Å². The smallest absolute Gasteiger partial charge is 0.0249 e. The fraction of sp³-hybridized carbons (Fsp3) is 1.00. The second kappa shape index (κ2) is 6.15. The molecule has 0 bridgehead atoms. The summed E-state index contributed by atoms with van der Waals surface area (Å²) in [6.45, 7) is 3.57. The van der Waals surface area contributed by atoms with Crippen LogP contribution in [0.2, 0.25) is 0 Å². The van der Waals surface area contributed by atoms with Crippen LogP contribution in [0.4, 0.5) is 0 Å². The topological polar surface area (TPSA) is 29.1 Å². The predicted octanol–water partition coefficient (Wildman–Crippen LogP) is 2.31. The summed E-state index contributed by atoms with van der Waals surface area (Å²) in [5.74, 6) is 3.69. The molecular formula is C13H25NOS.